The van der Waals surface area contributed by atoms with E-state index in [-0.39, 0.29) is 0 Å². The van der Waals surface area contributed by atoms with Crippen LogP contribution in [0.25, 0.3) is 0 Å². The Hall–Kier alpha value is -0.800. The molecule has 0 unspecified atom stereocenters. The number of hydrogen-bond acceptors (Lipinski definition) is 3. The number of nitrogens with one attached hydrogen (secondary N) is 1. The SMILES string of the molecule is c1csc(CNc2cccs2)c1. The van der Waals surface area contributed by atoms with Crippen molar-refractivity contribution in [1.82, 2.24) is 0 Å². The van der Waals surface area contributed by atoms with Crippen molar-refractivity contribution in [1.29, 1.82) is 0 Å². The molecule has 0 bridgehead atoms. The molecular formula is C9H9NS2. The van der Waals surface area contributed by atoms with Gasteiger partial charge in [0.25, 0.3) is 0 Å². The number of hydrogen-bond donors (Lipinski definition) is 1. The fourth-order valence-corrected chi connectivity index (χ4v) is 2.23. The lowest BCUT2D eigenvalue weighted by Crippen LogP contribution is -1.93. The molecule has 0 spiro atoms. The molecular weight excluding hydrogens is 186 g/mol. The molecule has 0 aliphatic heterocycles. The second kappa shape index (κ2) is 3.74. The standard InChI is InChI=1S/C9H9NS2/c1-3-8(11-5-1)7-10-9-4-2-6-12-9/h1-6,10H,7H2. The minimum absolute atomic E-state index is 0.943. The summed E-state index contributed by atoms with van der Waals surface area (Å²) >= 11 is 3.53. The average molecular weight is 195 g/mol. The molecule has 2 aromatic rings. The van der Waals surface area contributed by atoms with Crippen molar-refractivity contribution in [3.8, 4) is 0 Å². The van der Waals surface area contributed by atoms with Gasteiger partial charge in [-0.25, -0.2) is 0 Å². The fourth-order valence-electron chi connectivity index (χ4n) is 0.967. The van der Waals surface area contributed by atoms with E-state index in [9.17, 15) is 0 Å². The van der Waals surface area contributed by atoms with Crippen LogP contribution in [0.1, 0.15) is 4.88 Å². The molecule has 2 aromatic heterocycles. The molecule has 0 aliphatic rings. The first-order valence-corrected chi connectivity index (χ1v) is 5.51. The van der Waals surface area contributed by atoms with Crippen molar-refractivity contribution in [3.63, 3.8) is 0 Å². The van der Waals surface area contributed by atoms with Gasteiger partial charge >= 0.3 is 0 Å². The Bertz CT molecular complexity index is 276. The van der Waals surface area contributed by atoms with Crippen LogP contribution < -0.4 is 5.32 Å². The maximum atomic E-state index is 3.36. The van der Waals surface area contributed by atoms with Gasteiger partial charge in [0.1, 0.15) is 0 Å². The lowest BCUT2D eigenvalue weighted by Gasteiger charge is -1.99. The molecule has 0 fully saturated rings. The van der Waals surface area contributed by atoms with Gasteiger partial charge in [-0.3, -0.25) is 0 Å². The molecule has 0 atom stereocenters. The lowest BCUT2D eigenvalue weighted by atomic mass is 10.4. The summed E-state index contributed by atoms with van der Waals surface area (Å²) in [4.78, 5) is 1.38. The van der Waals surface area contributed by atoms with Crippen molar-refractivity contribution >= 4 is 27.7 Å². The molecule has 0 aliphatic carbocycles. The quantitative estimate of drug-likeness (QED) is 0.791. The van der Waals surface area contributed by atoms with Gasteiger partial charge in [0.15, 0.2) is 0 Å². The van der Waals surface area contributed by atoms with Crippen LogP contribution in [0.5, 0.6) is 0 Å². The molecule has 0 aromatic carbocycles. The van der Waals surface area contributed by atoms with E-state index in [1.54, 1.807) is 22.7 Å². The Morgan fingerprint density at radius 3 is 2.58 bits per heavy atom. The van der Waals surface area contributed by atoms with Crippen LogP contribution in [0.3, 0.4) is 0 Å². The molecule has 2 rings (SSSR count). The highest BCUT2D eigenvalue weighted by Crippen LogP contribution is 2.17. The average Bonchev–Trinajstić information content (AvgIpc) is 2.74. The Kier molecular flexibility index (Phi) is 2.44. The third-order valence-electron chi connectivity index (χ3n) is 1.54. The molecule has 1 N–H and O–H groups in total. The van der Waals surface area contributed by atoms with Crippen molar-refractivity contribution in [2.45, 2.75) is 6.54 Å². The summed E-state index contributed by atoms with van der Waals surface area (Å²) in [6, 6.07) is 8.38. The van der Waals surface area contributed by atoms with Gasteiger partial charge in [0, 0.05) is 4.88 Å². The van der Waals surface area contributed by atoms with Gasteiger partial charge in [-0.15, -0.1) is 22.7 Å². The van der Waals surface area contributed by atoms with E-state index in [0.29, 0.717) is 0 Å². The van der Waals surface area contributed by atoms with E-state index in [1.807, 2.05) is 0 Å². The molecule has 1 nitrogen and oxygen atoms in total. The van der Waals surface area contributed by atoms with Crippen LogP contribution in [-0.2, 0) is 6.54 Å². The first-order valence-electron chi connectivity index (χ1n) is 3.75. The van der Waals surface area contributed by atoms with Crippen LogP contribution in [0.4, 0.5) is 5.00 Å². The Morgan fingerprint density at radius 1 is 1.08 bits per heavy atom. The van der Waals surface area contributed by atoms with E-state index in [4.69, 9.17) is 0 Å². The van der Waals surface area contributed by atoms with E-state index in [0.717, 1.165) is 6.54 Å². The molecule has 2 heterocycles. The van der Waals surface area contributed by atoms with Crippen LogP contribution in [0.15, 0.2) is 35.0 Å². The maximum absolute atomic E-state index is 3.36. The third-order valence-corrected chi connectivity index (χ3v) is 3.24. The summed E-state index contributed by atoms with van der Waals surface area (Å²) in [5, 5.41) is 8.78. The first-order chi connectivity index (χ1) is 5.95. The molecule has 62 valence electrons. The van der Waals surface area contributed by atoms with Crippen molar-refractivity contribution in [2.75, 3.05) is 5.32 Å². The topological polar surface area (TPSA) is 12.0 Å². The van der Waals surface area contributed by atoms with E-state index >= 15 is 0 Å². The highest BCUT2D eigenvalue weighted by molar-refractivity contribution is 7.14. The van der Waals surface area contributed by atoms with E-state index < -0.39 is 0 Å². The summed E-state index contributed by atoms with van der Waals surface area (Å²) in [6.07, 6.45) is 0. The van der Waals surface area contributed by atoms with E-state index in [1.165, 1.54) is 9.88 Å². The van der Waals surface area contributed by atoms with Gasteiger partial charge < -0.3 is 5.32 Å². The summed E-state index contributed by atoms with van der Waals surface area (Å²) in [5.41, 5.74) is 0. The van der Waals surface area contributed by atoms with Gasteiger partial charge in [0.05, 0.1) is 11.5 Å². The minimum atomic E-state index is 0.943. The Balaban J connectivity index is 1.91. The monoisotopic (exact) mass is 195 g/mol. The smallest absolute Gasteiger partial charge is 0.0885 e. The molecule has 0 saturated heterocycles. The van der Waals surface area contributed by atoms with Crippen LogP contribution in [0.2, 0.25) is 0 Å². The molecule has 0 radical (unpaired) electrons. The largest absolute Gasteiger partial charge is 0.372 e. The van der Waals surface area contributed by atoms with Crippen molar-refractivity contribution < 1.29 is 0 Å². The predicted molar refractivity (Wildman–Crippen MR) is 56.0 cm³/mol. The highest BCUT2D eigenvalue weighted by Gasteiger charge is 1.93. The lowest BCUT2D eigenvalue weighted by molar-refractivity contribution is 1.21. The van der Waals surface area contributed by atoms with E-state index in [2.05, 4.69) is 40.3 Å². The van der Waals surface area contributed by atoms with Gasteiger partial charge in [-0.1, -0.05) is 6.07 Å². The summed E-state index contributed by atoms with van der Waals surface area (Å²) in [5.74, 6) is 0. The summed E-state index contributed by atoms with van der Waals surface area (Å²) in [7, 11) is 0. The number of rotatable bonds is 3. The van der Waals surface area contributed by atoms with Crippen molar-refractivity contribution in [3.05, 3.63) is 39.9 Å². The highest BCUT2D eigenvalue weighted by atomic mass is 32.1. The second-order valence-electron chi connectivity index (χ2n) is 2.41. The van der Waals surface area contributed by atoms with Crippen LogP contribution >= 0.6 is 22.7 Å². The second-order valence-corrected chi connectivity index (χ2v) is 4.39. The van der Waals surface area contributed by atoms with Gasteiger partial charge in [-0.05, 0) is 29.0 Å². The number of thiophene rings is 2. The number of anilines is 1. The summed E-state index contributed by atoms with van der Waals surface area (Å²) in [6.45, 7) is 0.943. The zero-order valence-electron chi connectivity index (χ0n) is 6.49. The zero-order valence-corrected chi connectivity index (χ0v) is 8.12. The van der Waals surface area contributed by atoms with Crippen LogP contribution in [0, 0.1) is 0 Å². The zero-order chi connectivity index (χ0) is 8.23. The third kappa shape index (κ3) is 1.87. The fraction of sp³-hybridized carbons (Fsp3) is 0.111. The first kappa shape index (κ1) is 7.83. The van der Waals surface area contributed by atoms with Crippen molar-refractivity contribution in [2.24, 2.45) is 0 Å². The van der Waals surface area contributed by atoms with Gasteiger partial charge in [0.2, 0.25) is 0 Å². The molecule has 0 saturated carbocycles. The maximum Gasteiger partial charge on any atom is 0.0885 e. The Morgan fingerprint density at radius 2 is 1.92 bits per heavy atom. The Labute approximate surface area is 79.7 Å². The molecule has 3 heteroatoms. The van der Waals surface area contributed by atoms with Crippen LogP contribution in [-0.4, -0.2) is 0 Å². The molecule has 12 heavy (non-hydrogen) atoms. The summed E-state index contributed by atoms with van der Waals surface area (Å²) < 4.78 is 0. The van der Waals surface area contributed by atoms with Gasteiger partial charge in [-0.2, -0.15) is 0 Å². The normalized spacial score (nSPS) is 10.0. The minimum Gasteiger partial charge on any atom is -0.372 e. The predicted octanol–water partition coefficient (Wildman–Crippen LogP) is 3.42. The molecule has 0 amide bonds.